The number of alkyl halides is 3. The van der Waals surface area contributed by atoms with Gasteiger partial charge in [0.2, 0.25) is 11.2 Å². The maximum atomic E-state index is 13.8. The zero-order valence-corrected chi connectivity index (χ0v) is 18.2. The minimum Gasteiger partial charge on any atom is -0.450 e. The largest absolute Gasteiger partial charge is 0.450 e. The van der Waals surface area contributed by atoms with E-state index in [2.05, 4.69) is 15.9 Å². The Morgan fingerprint density at radius 1 is 1.00 bits per heavy atom. The van der Waals surface area contributed by atoms with Crippen LogP contribution >= 0.6 is 27.5 Å². The number of fused-ring (bicyclic) bond motifs is 1. The molecule has 4 nitrogen and oxygen atoms in total. The van der Waals surface area contributed by atoms with E-state index in [0.717, 1.165) is 6.07 Å². The molecule has 9 heteroatoms. The van der Waals surface area contributed by atoms with E-state index < -0.39 is 28.9 Å². The maximum absolute atomic E-state index is 13.8. The summed E-state index contributed by atoms with van der Waals surface area (Å²) in [4.78, 5) is 25.3. The first-order chi connectivity index (χ1) is 15.1. The van der Waals surface area contributed by atoms with Crippen LogP contribution in [-0.2, 0) is 6.18 Å². The lowest BCUT2D eigenvalue weighted by Gasteiger charge is -2.13. The van der Waals surface area contributed by atoms with Crippen molar-refractivity contribution in [2.45, 2.75) is 6.18 Å². The fraction of sp³-hybridized carbons (Fsp3) is 0.0435. The molecule has 3 aromatic carbocycles. The molecule has 0 fully saturated rings. The van der Waals surface area contributed by atoms with Gasteiger partial charge in [0.25, 0.3) is 0 Å². The van der Waals surface area contributed by atoms with Crippen molar-refractivity contribution in [1.29, 1.82) is 0 Å². The Labute approximate surface area is 192 Å². The van der Waals surface area contributed by atoms with E-state index in [1.54, 1.807) is 12.1 Å². The second-order valence-electron chi connectivity index (χ2n) is 6.70. The van der Waals surface area contributed by atoms with Gasteiger partial charge in [-0.1, -0.05) is 45.7 Å². The van der Waals surface area contributed by atoms with Crippen LogP contribution in [-0.4, -0.2) is 5.97 Å². The van der Waals surface area contributed by atoms with Crippen molar-refractivity contribution >= 4 is 44.5 Å². The van der Waals surface area contributed by atoms with E-state index >= 15 is 0 Å². The fourth-order valence-electron chi connectivity index (χ4n) is 3.10. The summed E-state index contributed by atoms with van der Waals surface area (Å²) in [5.41, 5.74) is -1.59. The van der Waals surface area contributed by atoms with Crippen LogP contribution in [0.3, 0.4) is 0 Å². The summed E-state index contributed by atoms with van der Waals surface area (Å²) in [5.74, 6) is -2.29. The van der Waals surface area contributed by atoms with Crippen LogP contribution in [0.2, 0.25) is 5.02 Å². The van der Waals surface area contributed by atoms with Crippen LogP contribution in [0.5, 0.6) is 5.75 Å². The van der Waals surface area contributed by atoms with E-state index in [-0.39, 0.29) is 27.8 Å². The topological polar surface area (TPSA) is 56.5 Å². The molecule has 0 aliphatic carbocycles. The Kier molecular flexibility index (Phi) is 5.83. The van der Waals surface area contributed by atoms with Crippen molar-refractivity contribution in [2.75, 3.05) is 0 Å². The minimum atomic E-state index is -4.93. The summed E-state index contributed by atoms with van der Waals surface area (Å²) in [6.07, 6.45) is -4.93. The molecule has 32 heavy (non-hydrogen) atoms. The van der Waals surface area contributed by atoms with Crippen LogP contribution in [0.1, 0.15) is 16.1 Å². The zero-order chi connectivity index (χ0) is 23.0. The van der Waals surface area contributed by atoms with Gasteiger partial charge in [-0.3, -0.25) is 4.79 Å². The summed E-state index contributed by atoms with van der Waals surface area (Å²) in [5, 5.41) is 0.234. The van der Waals surface area contributed by atoms with Gasteiger partial charge in [0.15, 0.2) is 0 Å². The molecule has 0 aliphatic rings. The highest BCUT2D eigenvalue weighted by atomic mass is 79.9. The monoisotopic (exact) mass is 522 g/mol. The molecule has 0 radical (unpaired) electrons. The molecular formula is C23H11BrClF3O4. The Bertz CT molecular complexity index is 1400. The van der Waals surface area contributed by atoms with Gasteiger partial charge >= 0.3 is 12.1 Å². The molecular weight excluding hydrogens is 513 g/mol. The van der Waals surface area contributed by atoms with Crippen LogP contribution in [0.4, 0.5) is 13.2 Å². The normalized spacial score (nSPS) is 11.5. The van der Waals surface area contributed by atoms with Crippen molar-refractivity contribution in [1.82, 2.24) is 0 Å². The summed E-state index contributed by atoms with van der Waals surface area (Å²) in [7, 11) is 0. The van der Waals surface area contributed by atoms with Crippen LogP contribution in [0.15, 0.2) is 80.4 Å². The highest BCUT2D eigenvalue weighted by Crippen LogP contribution is 2.38. The van der Waals surface area contributed by atoms with Gasteiger partial charge in [0, 0.05) is 15.6 Å². The fourth-order valence-corrected chi connectivity index (χ4v) is 3.55. The third-order valence-corrected chi connectivity index (χ3v) is 5.29. The molecule has 4 rings (SSSR count). The average Bonchev–Trinajstić information content (AvgIpc) is 2.73. The van der Waals surface area contributed by atoms with Gasteiger partial charge in [0.05, 0.1) is 16.5 Å². The zero-order valence-electron chi connectivity index (χ0n) is 15.9. The van der Waals surface area contributed by atoms with Crippen molar-refractivity contribution in [2.24, 2.45) is 0 Å². The number of carbonyl (C=O) groups excluding carboxylic acids is 1. The lowest BCUT2D eigenvalue weighted by Crippen LogP contribution is -2.16. The number of esters is 1. The van der Waals surface area contributed by atoms with Gasteiger partial charge in [0.1, 0.15) is 11.3 Å². The summed E-state index contributed by atoms with van der Waals surface area (Å²) >= 11 is 9.06. The number of halogens is 5. The molecule has 0 saturated heterocycles. The van der Waals surface area contributed by atoms with E-state index in [9.17, 15) is 22.8 Å². The van der Waals surface area contributed by atoms with Gasteiger partial charge < -0.3 is 9.15 Å². The molecule has 4 aromatic rings. The van der Waals surface area contributed by atoms with E-state index in [1.807, 2.05) is 0 Å². The molecule has 1 aromatic heterocycles. The smallest absolute Gasteiger partial charge is 0.450 e. The lowest BCUT2D eigenvalue weighted by molar-refractivity contribution is -0.152. The van der Waals surface area contributed by atoms with Crippen molar-refractivity contribution in [3.63, 3.8) is 0 Å². The lowest BCUT2D eigenvalue weighted by atomic mass is 10.0. The first-order valence-electron chi connectivity index (χ1n) is 9.05. The first-order valence-corrected chi connectivity index (χ1v) is 10.2. The van der Waals surface area contributed by atoms with Crippen LogP contribution in [0.25, 0.3) is 22.1 Å². The van der Waals surface area contributed by atoms with Gasteiger partial charge in [-0.2, -0.15) is 13.2 Å². The Morgan fingerprint density at radius 2 is 1.72 bits per heavy atom. The third kappa shape index (κ3) is 4.42. The van der Waals surface area contributed by atoms with Gasteiger partial charge in [-0.15, -0.1) is 0 Å². The average molecular weight is 524 g/mol. The first kappa shape index (κ1) is 22.1. The molecule has 0 N–H and O–H groups in total. The molecule has 0 amide bonds. The second kappa shape index (κ2) is 8.44. The SMILES string of the molecule is O=C(Oc1ccc2c(=O)c(-c3ccc(Br)cc3)c(C(F)(F)F)oc2c1)c1cccc(Cl)c1. The third-order valence-electron chi connectivity index (χ3n) is 4.53. The number of carbonyl (C=O) groups is 1. The molecule has 0 spiro atoms. The highest BCUT2D eigenvalue weighted by Gasteiger charge is 2.39. The molecule has 0 unspecified atom stereocenters. The van der Waals surface area contributed by atoms with Crippen molar-refractivity contribution < 1.29 is 27.1 Å². The Balaban J connectivity index is 1.82. The van der Waals surface area contributed by atoms with E-state index in [1.165, 1.54) is 48.5 Å². The maximum Gasteiger partial charge on any atom is 0.450 e. The summed E-state index contributed by atoms with van der Waals surface area (Å²) in [6, 6.07) is 15.4. The number of benzene rings is 3. The van der Waals surface area contributed by atoms with E-state index in [4.69, 9.17) is 20.8 Å². The highest BCUT2D eigenvalue weighted by molar-refractivity contribution is 9.10. The molecule has 1 heterocycles. The molecule has 0 bridgehead atoms. The standard InChI is InChI=1S/C23H11BrClF3O4/c24-14-6-4-12(5-7-14)19-20(29)17-9-8-16(11-18(17)32-21(19)23(26,27)28)31-22(30)13-2-1-3-15(25)10-13/h1-11H. The Morgan fingerprint density at radius 3 is 2.38 bits per heavy atom. The molecule has 162 valence electrons. The molecule has 0 atom stereocenters. The van der Waals surface area contributed by atoms with E-state index in [0.29, 0.717) is 9.50 Å². The molecule has 0 saturated carbocycles. The number of rotatable bonds is 3. The van der Waals surface area contributed by atoms with Crippen molar-refractivity contribution in [3.05, 3.63) is 97.8 Å². The Hall–Kier alpha value is -3.10. The predicted octanol–water partition coefficient (Wildman–Crippen LogP) is 7.11. The quantitative estimate of drug-likeness (QED) is 0.212. The van der Waals surface area contributed by atoms with Crippen molar-refractivity contribution in [3.8, 4) is 16.9 Å². The number of hydrogen-bond donors (Lipinski definition) is 0. The van der Waals surface area contributed by atoms with Gasteiger partial charge in [-0.25, -0.2) is 4.79 Å². The summed E-state index contributed by atoms with van der Waals surface area (Å²) in [6.45, 7) is 0. The number of ether oxygens (including phenoxy) is 1. The predicted molar refractivity (Wildman–Crippen MR) is 117 cm³/mol. The second-order valence-corrected chi connectivity index (χ2v) is 8.05. The van der Waals surface area contributed by atoms with Gasteiger partial charge in [-0.05, 0) is 48.0 Å². The molecule has 0 aliphatic heterocycles. The summed E-state index contributed by atoms with van der Waals surface area (Å²) < 4.78 is 52.2. The minimum absolute atomic E-state index is 0.0626. The number of hydrogen-bond acceptors (Lipinski definition) is 4. The van der Waals surface area contributed by atoms with Crippen LogP contribution in [0, 0.1) is 0 Å². The van der Waals surface area contributed by atoms with Crippen LogP contribution < -0.4 is 10.2 Å².